The average molecular weight is 564 g/mol. The van der Waals surface area contributed by atoms with Crippen molar-refractivity contribution >= 4 is 28.2 Å². The molecular weight excluding hydrogens is 533 g/mol. The Bertz CT molecular complexity index is 1440. The molecule has 1 aromatic heterocycles. The molecule has 0 bridgehead atoms. The number of alkyl halides is 4. The van der Waals surface area contributed by atoms with Gasteiger partial charge in [0.25, 0.3) is 5.91 Å². The van der Waals surface area contributed by atoms with E-state index in [1.165, 1.54) is 20.2 Å². The van der Waals surface area contributed by atoms with Gasteiger partial charge in [0.05, 0.1) is 42.2 Å². The number of aromatic nitrogens is 1. The molecule has 1 aliphatic heterocycles. The molecule has 2 atom stereocenters. The van der Waals surface area contributed by atoms with Gasteiger partial charge in [-0.1, -0.05) is 12.0 Å². The molecule has 3 aromatic rings. The van der Waals surface area contributed by atoms with E-state index in [-0.39, 0.29) is 35.8 Å². The Balaban J connectivity index is 1.61. The maximum atomic E-state index is 14.7. The molecule has 40 heavy (non-hydrogen) atoms. The zero-order valence-electron chi connectivity index (χ0n) is 22.3. The number of carbonyl (C=O) groups is 1. The van der Waals surface area contributed by atoms with E-state index in [4.69, 9.17) is 4.74 Å². The lowest BCUT2D eigenvalue weighted by atomic mass is 10.0. The van der Waals surface area contributed by atoms with E-state index in [9.17, 15) is 26.7 Å². The van der Waals surface area contributed by atoms with E-state index in [1.807, 2.05) is 11.9 Å². The highest BCUT2D eigenvalue weighted by atomic mass is 19.4. The van der Waals surface area contributed by atoms with Gasteiger partial charge in [0.2, 0.25) is 0 Å². The molecule has 1 saturated heterocycles. The number of fused-ring (bicyclic) bond motifs is 1. The fraction of sp³-hybridized carbons (Fsp3) is 0.393. The molecule has 1 fully saturated rings. The monoisotopic (exact) mass is 563 g/mol. The molecule has 3 N–H and O–H groups in total. The second kappa shape index (κ2) is 12.0. The quantitative estimate of drug-likeness (QED) is 0.289. The predicted molar refractivity (Wildman–Crippen MR) is 144 cm³/mol. The highest BCUT2D eigenvalue weighted by Gasteiger charge is 2.31. The molecule has 7 nitrogen and oxygen atoms in total. The van der Waals surface area contributed by atoms with Gasteiger partial charge in [-0.3, -0.25) is 4.79 Å². The van der Waals surface area contributed by atoms with E-state index in [0.717, 1.165) is 10.6 Å². The Morgan fingerprint density at radius 2 is 1.98 bits per heavy atom. The third kappa shape index (κ3) is 6.59. The minimum Gasteiger partial charge on any atom is -0.495 e. The third-order valence-electron chi connectivity index (χ3n) is 6.71. The predicted octanol–water partition coefficient (Wildman–Crippen LogP) is 4.63. The molecule has 4 rings (SSSR count). The van der Waals surface area contributed by atoms with Crippen LogP contribution in [0.2, 0.25) is 0 Å². The Morgan fingerprint density at radius 3 is 2.65 bits per heavy atom. The van der Waals surface area contributed by atoms with Gasteiger partial charge < -0.3 is 30.2 Å². The summed E-state index contributed by atoms with van der Waals surface area (Å²) in [5.41, 5.74) is 1.00. The topological polar surface area (TPSA) is 70.6 Å². The first kappa shape index (κ1) is 29.0. The van der Waals surface area contributed by atoms with Crippen molar-refractivity contribution in [2.75, 3.05) is 51.5 Å². The van der Waals surface area contributed by atoms with Crippen LogP contribution in [0.1, 0.15) is 22.5 Å². The summed E-state index contributed by atoms with van der Waals surface area (Å²) in [6.45, 7) is -0.323. The number of piperidine rings is 1. The van der Waals surface area contributed by atoms with Crippen molar-refractivity contribution in [3.8, 4) is 17.6 Å². The molecule has 12 heteroatoms. The number of likely N-dealkylation sites (tertiary alicyclic amines) is 1. The largest absolute Gasteiger partial charge is 0.495 e. The molecule has 0 unspecified atom stereocenters. The fourth-order valence-electron chi connectivity index (χ4n) is 4.73. The summed E-state index contributed by atoms with van der Waals surface area (Å²) in [7, 11) is 4.57. The Kier molecular flexibility index (Phi) is 8.73. The number of hydrogen-bond donors (Lipinski definition) is 3. The summed E-state index contributed by atoms with van der Waals surface area (Å²) in [5.74, 6) is 4.35. The molecular formula is C28H30F5N5O2. The number of amides is 1. The lowest BCUT2D eigenvalue weighted by Crippen LogP contribution is -2.46. The first-order chi connectivity index (χ1) is 19.0. The summed E-state index contributed by atoms with van der Waals surface area (Å²) in [6.07, 6.45) is -5.06. The van der Waals surface area contributed by atoms with E-state index in [2.05, 4.69) is 27.8 Å². The number of nitrogens with one attached hydrogen (secondary N) is 3. The Morgan fingerprint density at radius 1 is 1.20 bits per heavy atom. The average Bonchev–Trinajstić information content (AvgIpc) is 3.24. The van der Waals surface area contributed by atoms with Gasteiger partial charge in [0.15, 0.2) is 0 Å². The van der Waals surface area contributed by atoms with Gasteiger partial charge in [-0.25, -0.2) is 8.78 Å². The lowest BCUT2D eigenvalue weighted by Gasteiger charge is -2.33. The number of halogens is 5. The van der Waals surface area contributed by atoms with Crippen LogP contribution in [0.5, 0.6) is 5.75 Å². The number of benzene rings is 2. The second-order valence-electron chi connectivity index (χ2n) is 9.55. The number of nitrogens with zero attached hydrogens (tertiary/aromatic N) is 2. The highest BCUT2D eigenvalue weighted by molar-refractivity contribution is 5.95. The third-order valence-corrected chi connectivity index (χ3v) is 6.71. The van der Waals surface area contributed by atoms with Crippen LogP contribution in [-0.4, -0.2) is 74.6 Å². The van der Waals surface area contributed by atoms with E-state index < -0.39 is 36.7 Å². The van der Waals surface area contributed by atoms with Crippen molar-refractivity contribution in [2.45, 2.75) is 31.4 Å². The molecule has 214 valence electrons. The van der Waals surface area contributed by atoms with Gasteiger partial charge in [0, 0.05) is 37.3 Å². The molecule has 0 saturated carbocycles. The van der Waals surface area contributed by atoms with E-state index in [1.54, 1.807) is 24.3 Å². The van der Waals surface area contributed by atoms with Crippen molar-refractivity contribution in [3.05, 3.63) is 53.5 Å². The molecule has 1 aliphatic rings. The van der Waals surface area contributed by atoms with E-state index >= 15 is 0 Å². The standard InChI is InChI=1S/C28H30F5N5O2/c1-34-27(39)18-13-26(40-3)24(14-20(18)29)35-10-5-6-17-12-19-22(36-23-9-11-37(2)15-21(23)30)7-4-8-25(19)38(17)16-28(31,32)33/h4,7-8,12-14,21,23,35-36H,9-11,15-16H2,1-3H3,(H,34,39)/t21-,23+/m1/s1. The fourth-order valence-corrected chi connectivity index (χ4v) is 4.73. The summed E-state index contributed by atoms with van der Waals surface area (Å²) >= 11 is 0. The maximum absolute atomic E-state index is 14.7. The van der Waals surface area contributed by atoms with Gasteiger partial charge in [0.1, 0.15) is 24.3 Å². The number of hydrogen-bond acceptors (Lipinski definition) is 5. The maximum Gasteiger partial charge on any atom is 0.406 e. The Hall–Kier alpha value is -3.98. The van der Waals surface area contributed by atoms with Gasteiger partial charge in [-0.15, -0.1) is 0 Å². The van der Waals surface area contributed by atoms with Crippen LogP contribution in [-0.2, 0) is 6.54 Å². The molecule has 0 spiro atoms. The van der Waals surface area contributed by atoms with Crippen LogP contribution in [0, 0.1) is 17.7 Å². The van der Waals surface area contributed by atoms with Crippen LogP contribution in [0.25, 0.3) is 10.9 Å². The number of ether oxygens (including phenoxy) is 1. The molecule has 2 heterocycles. The van der Waals surface area contributed by atoms with Crippen molar-refractivity contribution < 1.29 is 31.5 Å². The van der Waals surface area contributed by atoms with Crippen LogP contribution in [0.4, 0.5) is 33.3 Å². The van der Waals surface area contributed by atoms with Crippen LogP contribution in [0.15, 0.2) is 36.4 Å². The molecule has 1 amide bonds. The van der Waals surface area contributed by atoms with Crippen LogP contribution in [0.3, 0.4) is 0 Å². The van der Waals surface area contributed by atoms with Crippen LogP contribution < -0.4 is 20.7 Å². The smallest absolute Gasteiger partial charge is 0.406 e. The normalized spacial score (nSPS) is 17.7. The number of rotatable bonds is 7. The molecule has 0 radical (unpaired) electrons. The zero-order chi connectivity index (χ0) is 29.0. The minimum absolute atomic E-state index is 0.0487. The van der Waals surface area contributed by atoms with Gasteiger partial charge >= 0.3 is 6.18 Å². The van der Waals surface area contributed by atoms with E-state index in [0.29, 0.717) is 29.6 Å². The van der Waals surface area contributed by atoms with Crippen LogP contribution >= 0.6 is 0 Å². The number of methoxy groups -OCH3 is 1. The summed E-state index contributed by atoms with van der Waals surface area (Å²) in [4.78, 5) is 13.7. The highest BCUT2D eigenvalue weighted by Crippen LogP contribution is 2.32. The van der Waals surface area contributed by atoms with Gasteiger partial charge in [-0.2, -0.15) is 13.2 Å². The van der Waals surface area contributed by atoms with Crippen molar-refractivity contribution in [1.82, 2.24) is 14.8 Å². The Labute approximate surface area is 228 Å². The SMILES string of the molecule is CNC(=O)c1cc(OC)c(NCC#Cc2cc3c(N[C@H]4CCN(C)C[C@H]4F)cccc3n2CC(F)(F)F)cc1F. The molecule has 0 aliphatic carbocycles. The summed E-state index contributed by atoms with van der Waals surface area (Å²) in [5, 5.41) is 8.91. The molecule has 2 aromatic carbocycles. The van der Waals surface area contributed by atoms with Crippen molar-refractivity contribution in [1.29, 1.82) is 0 Å². The first-order valence-corrected chi connectivity index (χ1v) is 12.6. The van der Waals surface area contributed by atoms with Crippen molar-refractivity contribution in [3.63, 3.8) is 0 Å². The summed E-state index contributed by atoms with van der Waals surface area (Å²) in [6, 6.07) is 8.33. The number of carbonyl (C=O) groups excluding carboxylic acids is 1. The lowest BCUT2D eigenvalue weighted by molar-refractivity contribution is -0.140. The van der Waals surface area contributed by atoms with Crippen molar-refractivity contribution in [2.24, 2.45) is 0 Å². The number of anilines is 2. The first-order valence-electron chi connectivity index (χ1n) is 12.6. The second-order valence-corrected chi connectivity index (χ2v) is 9.55. The minimum atomic E-state index is -4.50. The zero-order valence-corrected chi connectivity index (χ0v) is 22.3. The summed E-state index contributed by atoms with van der Waals surface area (Å²) < 4.78 is 75.9. The van der Waals surface area contributed by atoms with Gasteiger partial charge in [-0.05, 0) is 43.7 Å².